The summed E-state index contributed by atoms with van der Waals surface area (Å²) >= 11 is 0. The van der Waals surface area contributed by atoms with Crippen LogP contribution in [0.3, 0.4) is 0 Å². The third kappa shape index (κ3) is 4.29. The number of hydrogen-bond acceptors (Lipinski definition) is 5. The van der Waals surface area contributed by atoms with Crippen molar-refractivity contribution < 1.29 is 35.5 Å². The normalized spacial score (nSPS) is 14.5. The molecule has 11 heteroatoms. The molecule has 0 unspecified atom stereocenters. The van der Waals surface area contributed by atoms with E-state index in [1.165, 1.54) is 12.1 Å². The highest BCUT2D eigenvalue weighted by atomic mass is 32.2. The molecule has 1 fully saturated rings. The molecular formula is C18H16F4N2O4S. The van der Waals surface area contributed by atoms with E-state index >= 15 is 0 Å². The number of ether oxygens (including phenoxy) is 1. The molecule has 3 rings (SSSR count). The topological polar surface area (TPSA) is 98.5 Å². The number of halogens is 4. The van der Waals surface area contributed by atoms with E-state index < -0.39 is 44.9 Å². The van der Waals surface area contributed by atoms with E-state index in [1.807, 2.05) is 4.72 Å². The monoisotopic (exact) mass is 432 g/mol. The third-order valence-electron chi connectivity index (χ3n) is 4.43. The molecule has 0 aromatic heterocycles. The van der Waals surface area contributed by atoms with Crippen molar-refractivity contribution in [3.63, 3.8) is 0 Å². The number of benzene rings is 2. The second kappa shape index (κ2) is 7.21. The molecule has 0 radical (unpaired) electrons. The van der Waals surface area contributed by atoms with Crippen molar-refractivity contribution in [2.75, 3.05) is 17.6 Å². The number of rotatable bonds is 5. The Balaban J connectivity index is 2.08. The second-order valence-corrected chi connectivity index (χ2v) is 8.19. The van der Waals surface area contributed by atoms with Gasteiger partial charge >= 0.3 is 12.1 Å². The van der Waals surface area contributed by atoms with Crippen LogP contribution in [0.25, 0.3) is 0 Å². The number of nitrogens with one attached hydrogen (secondary N) is 1. The van der Waals surface area contributed by atoms with Crippen LogP contribution in [0.1, 0.15) is 40.2 Å². The summed E-state index contributed by atoms with van der Waals surface area (Å²) in [5.74, 6) is -2.45. The molecular weight excluding hydrogens is 416 g/mol. The molecule has 156 valence electrons. The van der Waals surface area contributed by atoms with Gasteiger partial charge in [-0.15, -0.1) is 0 Å². The first kappa shape index (κ1) is 20.9. The first-order valence-electron chi connectivity index (χ1n) is 8.35. The average Bonchev–Trinajstić information content (AvgIpc) is 3.46. The molecule has 2 aromatic rings. The SMILES string of the molecule is COC(=O)c1ccc(C2CC2)c(S(=O)(=O)Nc2cc(C(F)(F)F)c(F)cc2N)c1. The molecule has 29 heavy (non-hydrogen) atoms. The highest BCUT2D eigenvalue weighted by Gasteiger charge is 2.36. The molecule has 1 aliphatic carbocycles. The number of anilines is 2. The van der Waals surface area contributed by atoms with Crippen molar-refractivity contribution in [1.82, 2.24) is 0 Å². The van der Waals surface area contributed by atoms with Gasteiger partial charge in [0.1, 0.15) is 5.82 Å². The Kier molecular flexibility index (Phi) is 5.20. The van der Waals surface area contributed by atoms with Crippen LogP contribution in [0.2, 0.25) is 0 Å². The summed E-state index contributed by atoms with van der Waals surface area (Å²) in [6.45, 7) is 0. The largest absolute Gasteiger partial charge is 0.465 e. The number of alkyl halides is 3. The predicted molar refractivity (Wildman–Crippen MR) is 96.4 cm³/mol. The van der Waals surface area contributed by atoms with Gasteiger partial charge in [0.05, 0.1) is 34.5 Å². The summed E-state index contributed by atoms with van der Waals surface area (Å²) in [6.07, 6.45) is -3.57. The molecule has 0 spiro atoms. The van der Waals surface area contributed by atoms with E-state index in [2.05, 4.69) is 4.74 Å². The van der Waals surface area contributed by atoms with E-state index in [0.717, 1.165) is 26.0 Å². The minimum absolute atomic E-state index is 0.0414. The standard InChI is InChI=1S/C18H16F4N2O4S/c1-28-17(25)10-4-5-11(9-2-3-9)16(6-10)29(26,27)24-15-7-12(18(20,21)22)13(19)8-14(15)23/h4-9,24H,2-3,23H2,1H3. The zero-order valence-corrected chi connectivity index (χ0v) is 15.8. The van der Waals surface area contributed by atoms with E-state index in [1.54, 1.807) is 0 Å². The molecule has 1 aliphatic rings. The van der Waals surface area contributed by atoms with Crippen molar-refractivity contribution in [1.29, 1.82) is 0 Å². The Bertz CT molecular complexity index is 1080. The Hall–Kier alpha value is -2.82. The van der Waals surface area contributed by atoms with Crippen molar-refractivity contribution >= 4 is 27.4 Å². The molecule has 0 amide bonds. The molecule has 6 nitrogen and oxygen atoms in total. The molecule has 3 N–H and O–H groups in total. The number of hydrogen-bond donors (Lipinski definition) is 2. The van der Waals surface area contributed by atoms with Crippen molar-refractivity contribution in [3.8, 4) is 0 Å². The fourth-order valence-corrected chi connectivity index (χ4v) is 4.24. The van der Waals surface area contributed by atoms with Crippen molar-refractivity contribution in [2.24, 2.45) is 0 Å². The Morgan fingerprint density at radius 1 is 1.21 bits per heavy atom. The van der Waals surface area contributed by atoms with Crippen LogP contribution in [0.4, 0.5) is 28.9 Å². The van der Waals surface area contributed by atoms with Gasteiger partial charge in [-0.2, -0.15) is 13.2 Å². The van der Waals surface area contributed by atoms with Gasteiger partial charge < -0.3 is 10.5 Å². The number of nitrogen functional groups attached to an aromatic ring is 1. The zero-order chi connectivity index (χ0) is 21.6. The van der Waals surface area contributed by atoms with Crippen molar-refractivity contribution in [2.45, 2.75) is 29.8 Å². The summed E-state index contributed by atoms with van der Waals surface area (Å²) in [6, 6.07) is 4.66. The van der Waals surface area contributed by atoms with E-state index in [4.69, 9.17) is 5.73 Å². The Morgan fingerprint density at radius 2 is 1.86 bits per heavy atom. The summed E-state index contributed by atoms with van der Waals surface area (Å²) < 4.78 is 84.9. The van der Waals surface area contributed by atoms with Crippen LogP contribution in [0.5, 0.6) is 0 Å². The van der Waals surface area contributed by atoms with Crippen molar-refractivity contribution in [3.05, 3.63) is 52.8 Å². The maximum Gasteiger partial charge on any atom is 0.419 e. The highest BCUT2D eigenvalue weighted by molar-refractivity contribution is 7.92. The Morgan fingerprint density at radius 3 is 2.41 bits per heavy atom. The van der Waals surface area contributed by atoms with Crippen LogP contribution in [-0.4, -0.2) is 21.5 Å². The third-order valence-corrected chi connectivity index (χ3v) is 5.85. The number of nitrogens with two attached hydrogens (primary N) is 1. The molecule has 0 bridgehead atoms. The molecule has 0 aliphatic heterocycles. The minimum Gasteiger partial charge on any atom is -0.465 e. The van der Waals surface area contributed by atoms with Crippen LogP contribution in [0.15, 0.2) is 35.2 Å². The lowest BCUT2D eigenvalue weighted by Gasteiger charge is -2.16. The first-order chi connectivity index (χ1) is 13.4. The highest BCUT2D eigenvalue weighted by Crippen LogP contribution is 2.44. The van der Waals surface area contributed by atoms with Gasteiger partial charge in [0.2, 0.25) is 0 Å². The van der Waals surface area contributed by atoms with E-state index in [0.29, 0.717) is 17.7 Å². The number of carbonyl (C=O) groups excluding carboxylic acids is 1. The van der Waals surface area contributed by atoms with Gasteiger partial charge in [-0.05, 0) is 48.6 Å². The lowest BCUT2D eigenvalue weighted by atomic mass is 10.1. The first-order valence-corrected chi connectivity index (χ1v) is 9.83. The summed E-state index contributed by atoms with van der Waals surface area (Å²) in [7, 11) is -3.31. The van der Waals surface area contributed by atoms with Crippen LogP contribution in [-0.2, 0) is 20.9 Å². The Labute approximate surface area is 163 Å². The molecule has 0 atom stereocenters. The zero-order valence-electron chi connectivity index (χ0n) is 15.0. The van der Waals surface area contributed by atoms with E-state index in [-0.39, 0.29) is 16.4 Å². The average molecular weight is 432 g/mol. The van der Waals surface area contributed by atoms with Gasteiger partial charge in [-0.3, -0.25) is 4.72 Å². The lowest BCUT2D eigenvalue weighted by molar-refractivity contribution is -0.139. The number of esters is 1. The maximum atomic E-state index is 13.6. The molecule has 0 saturated heterocycles. The van der Waals surface area contributed by atoms with Crippen LogP contribution >= 0.6 is 0 Å². The fourth-order valence-electron chi connectivity index (χ4n) is 2.84. The predicted octanol–water partition coefficient (Wildman–Crippen LogP) is 3.89. The molecule has 2 aromatic carbocycles. The number of sulfonamides is 1. The van der Waals surface area contributed by atoms with Gasteiger partial charge in [-0.25, -0.2) is 17.6 Å². The summed E-state index contributed by atoms with van der Waals surface area (Å²) in [4.78, 5) is 11.5. The summed E-state index contributed by atoms with van der Waals surface area (Å²) in [5, 5.41) is 0. The molecule has 0 heterocycles. The van der Waals surface area contributed by atoms with Gasteiger partial charge in [0.25, 0.3) is 10.0 Å². The smallest absolute Gasteiger partial charge is 0.419 e. The number of carbonyl (C=O) groups is 1. The molecule has 1 saturated carbocycles. The summed E-state index contributed by atoms with van der Waals surface area (Å²) in [5.41, 5.74) is 3.10. The maximum absolute atomic E-state index is 13.6. The van der Waals surface area contributed by atoms with Crippen LogP contribution in [0, 0.1) is 5.82 Å². The quantitative estimate of drug-likeness (QED) is 0.424. The van der Waals surface area contributed by atoms with Gasteiger partial charge in [-0.1, -0.05) is 6.07 Å². The van der Waals surface area contributed by atoms with Gasteiger partial charge in [0.15, 0.2) is 0 Å². The second-order valence-electron chi connectivity index (χ2n) is 6.54. The van der Waals surface area contributed by atoms with Crippen LogP contribution < -0.4 is 10.5 Å². The lowest BCUT2D eigenvalue weighted by Crippen LogP contribution is -2.18. The van der Waals surface area contributed by atoms with E-state index in [9.17, 15) is 30.8 Å². The minimum atomic E-state index is -5.04. The van der Waals surface area contributed by atoms with Gasteiger partial charge in [0, 0.05) is 0 Å². The fraction of sp³-hybridized carbons (Fsp3) is 0.278. The number of methoxy groups -OCH3 is 1.